The fourth-order valence-electron chi connectivity index (χ4n) is 2.52. The summed E-state index contributed by atoms with van der Waals surface area (Å²) >= 11 is 6.15. The van der Waals surface area contributed by atoms with Gasteiger partial charge in [-0.2, -0.15) is 5.26 Å². The minimum Gasteiger partial charge on any atom is -0.362 e. The quantitative estimate of drug-likeness (QED) is 0.634. The van der Waals surface area contributed by atoms with Gasteiger partial charge in [0.1, 0.15) is 11.2 Å². The predicted molar refractivity (Wildman–Crippen MR) is 81.6 cm³/mol. The molecule has 0 amide bonds. The van der Waals surface area contributed by atoms with Crippen molar-refractivity contribution in [2.24, 2.45) is 0 Å². The highest BCUT2D eigenvalue weighted by Crippen LogP contribution is 2.36. The van der Waals surface area contributed by atoms with Crippen LogP contribution in [0.4, 0.5) is 11.4 Å². The fraction of sp³-hybridized carbons (Fsp3) is 0.500. The molecule has 112 valence electrons. The molecule has 1 aliphatic heterocycles. The Kier molecular flexibility index (Phi) is 4.35. The van der Waals surface area contributed by atoms with E-state index in [2.05, 4.69) is 11.0 Å². The number of hydrogen-bond donors (Lipinski definition) is 0. The summed E-state index contributed by atoms with van der Waals surface area (Å²) in [6, 6.07) is 6.99. The first-order valence-electron chi connectivity index (χ1n) is 6.71. The second kappa shape index (κ2) is 5.88. The zero-order valence-electron chi connectivity index (χ0n) is 12.0. The average Bonchev–Trinajstić information content (AvgIpc) is 2.47. The number of hydrogen-bond acceptors (Lipinski definition) is 5. The molecule has 2 rings (SSSR count). The van der Waals surface area contributed by atoms with Gasteiger partial charge in [-0.05, 0) is 19.9 Å². The molecule has 0 atom stereocenters. The van der Waals surface area contributed by atoms with Gasteiger partial charge in [-0.15, -0.1) is 0 Å². The normalized spacial score (nSPS) is 16.6. The Balaban J connectivity index is 2.21. The number of para-hydroxylation sites is 1. The van der Waals surface area contributed by atoms with Gasteiger partial charge in [0.15, 0.2) is 0 Å². The number of halogens is 1. The number of rotatable bonds is 3. The van der Waals surface area contributed by atoms with Crippen LogP contribution in [0.15, 0.2) is 18.2 Å². The maximum absolute atomic E-state index is 11.2. The highest BCUT2D eigenvalue weighted by Gasteiger charge is 2.32. The Morgan fingerprint density at radius 1 is 1.33 bits per heavy atom. The Hall–Kier alpha value is -1.84. The van der Waals surface area contributed by atoms with Crippen LogP contribution in [0.3, 0.4) is 0 Å². The van der Waals surface area contributed by atoms with Crippen molar-refractivity contribution in [3.8, 4) is 6.07 Å². The molecule has 0 aromatic heterocycles. The van der Waals surface area contributed by atoms with Gasteiger partial charge < -0.3 is 4.90 Å². The van der Waals surface area contributed by atoms with Crippen molar-refractivity contribution in [3.05, 3.63) is 33.3 Å². The third-order valence-corrected chi connectivity index (χ3v) is 4.13. The van der Waals surface area contributed by atoms with E-state index in [0.29, 0.717) is 36.9 Å². The Morgan fingerprint density at radius 3 is 2.48 bits per heavy atom. The number of nitro benzene ring substituents is 1. The molecule has 0 N–H and O–H groups in total. The van der Waals surface area contributed by atoms with E-state index in [9.17, 15) is 15.4 Å². The molecule has 0 bridgehead atoms. The zero-order chi connectivity index (χ0) is 15.6. The Labute approximate surface area is 128 Å². The molecule has 0 aliphatic carbocycles. The summed E-state index contributed by atoms with van der Waals surface area (Å²) in [5.74, 6) is 0. The van der Waals surface area contributed by atoms with Gasteiger partial charge in [-0.25, -0.2) is 0 Å². The van der Waals surface area contributed by atoms with E-state index in [-0.39, 0.29) is 5.69 Å². The van der Waals surface area contributed by atoms with Crippen LogP contribution in [0.1, 0.15) is 13.8 Å². The molecule has 1 aromatic rings. The molecule has 1 heterocycles. The van der Waals surface area contributed by atoms with Gasteiger partial charge in [-0.3, -0.25) is 15.0 Å². The average molecular weight is 309 g/mol. The monoisotopic (exact) mass is 308 g/mol. The molecule has 6 nitrogen and oxygen atoms in total. The number of nitro groups is 1. The van der Waals surface area contributed by atoms with E-state index >= 15 is 0 Å². The molecule has 7 heteroatoms. The van der Waals surface area contributed by atoms with Crippen LogP contribution in [0, 0.1) is 21.4 Å². The second-order valence-corrected chi connectivity index (χ2v) is 5.92. The van der Waals surface area contributed by atoms with Gasteiger partial charge in [-0.1, -0.05) is 17.7 Å². The van der Waals surface area contributed by atoms with Crippen molar-refractivity contribution < 1.29 is 4.92 Å². The Bertz CT molecular complexity index is 589. The van der Waals surface area contributed by atoms with Gasteiger partial charge >= 0.3 is 0 Å². The minimum atomic E-state index is -0.529. The van der Waals surface area contributed by atoms with Gasteiger partial charge in [0.2, 0.25) is 0 Å². The summed E-state index contributed by atoms with van der Waals surface area (Å²) < 4.78 is 0. The lowest BCUT2D eigenvalue weighted by Gasteiger charge is -2.41. The molecule has 1 aromatic carbocycles. The molecule has 0 radical (unpaired) electrons. The smallest absolute Gasteiger partial charge is 0.294 e. The minimum absolute atomic E-state index is 0.0236. The highest BCUT2D eigenvalue weighted by molar-refractivity contribution is 6.33. The van der Waals surface area contributed by atoms with Crippen LogP contribution in [0.25, 0.3) is 0 Å². The maximum atomic E-state index is 11.2. The number of nitrogens with zero attached hydrogens (tertiary/aromatic N) is 4. The fourth-order valence-corrected chi connectivity index (χ4v) is 2.81. The van der Waals surface area contributed by atoms with Gasteiger partial charge in [0.05, 0.1) is 16.0 Å². The summed E-state index contributed by atoms with van der Waals surface area (Å²) in [6.07, 6.45) is 0. The maximum Gasteiger partial charge on any atom is 0.294 e. The third kappa shape index (κ3) is 3.09. The lowest BCUT2D eigenvalue weighted by atomic mass is 10.0. The number of benzene rings is 1. The third-order valence-electron chi connectivity index (χ3n) is 3.82. The van der Waals surface area contributed by atoms with Gasteiger partial charge in [0.25, 0.3) is 5.69 Å². The lowest BCUT2D eigenvalue weighted by molar-refractivity contribution is -0.384. The molecule has 21 heavy (non-hydrogen) atoms. The van der Waals surface area contributed by atoms with Crippen LogP contribution >= 0.6 is 11.6 Å². The van der Waals surface area contributed by atoms with Crippen molar-refractivity contribution in [1.29, 1.82) is 5.26 Å². The summed E-state index contributed by atoms with van der Waals surface area (Å²) in [4.78, 5) is 14.7. The molecular weight excluding hydrogens is 292 g/mol. The first-order chi connectivity index (χ1) is 9.86. The molecular formula is C14H17ClN4O2. The van der Waals surface area contributed by atoms with Crippen molar-refractivity contribution in [2.75, 3.05) is 31.1 Å². The first kappa shape index (κ1) is 15.5. The van der Waals surface area contributed by atoms with Crippen LogP contribution in [0.2, 0.25) is 5.02 Å². The topological polar surface area (TPSA) is 73.4 Å². The number of nitriles is 1. The second-order valence-electron chi connectivity index (χ2n) is 5.51. The molecule has 0 saturated carbocycles. The molecule has 1 aliphatic rings. The SMILES string of the molecule is CC(C)(C#N)N1CCN(c2c(Cl)cccc2[N+](=O)[O-])CC1. The van der Waals surface area contributed by atoms with Crippen molar-refractivity contribution in [3.63, 3.8) is 0 Å². The predicted octanol–water partition coefficient (Wildman–Crippen LogP) is 2.67. The molecule has 1 saturated heterocycles. The molecule has 0 unspecified atom stereocenters. The Morgan fingerprint density at radius 2 is 1.95 bits per heavy atom. The van der Waals surface area contributed by atoms with Crippen LogP contribution in [-0.4, -0.2) is 41.5 Å². The number of anilines is 1. The summed E-state index contributed by atoms with van der Waals surface area (Å²) in [5, 5.41) is 20.7. The van der Waals surface area contributed by atoms with Crippen molar-refractivity contribution in [2.45, 2.75) is 19.4 Å². The van der Waals surface area contributed by atoms with E-state index in [0.717, 1.165) is 0 Å². The van der Waals surface area contributed by atoms with Crippen LogP contribution in [-0.2, 0) is 0 Å². The van der Waals surface area contributed by atoms with Crippen LogP contribution < -0.4 is 4.90 Å². The summed E-state index contributed by atoms with van der Waals surface area (Å²) in [5.41, 5.74) is -0.0347. The summed E-state index contributed by atoms with van der Waals surface area (Å²) in [7, 11) is 0. The van der Waals surface area contributed by atoms with E-state index < -0.39 is 10.5 Å². The van der Waals surface area contributed by atoms with E-state index in [1.165, 1.54) is 6.07 Å². The lowest BCUT2D eigenvalue weighted by Crippen LogP contribution is -2.54. The van der Waals surface area contributed by atoms with Crippen LogP contribution in [0.5, 0.6) is 0 Å². The molecule has 0 spiro atoms. The van der Waals surface area contributed by atoms with Crippen molar-refractivity contribution in [1.82, 2.24) is 4.90 Å². The molecule has 1 fully saturated rings. The van der Waals surface area contributed by atoms with Gasteiger partial charge in [0, 0.05) is 32.2 Å². The van der Waals surface area contributed by atoms with E-state index in [1.54, 1.807) is 12.1 Å². The summed E-state index contributed by atoms with van der Waals surface area (Å²) in [6.45, 7) is 6.30. The first-order valence-corrected chi connectivity index (χ1v) is 7.09. The number of piperazine rings is 1. The zero-order valence-corrected chi connectivity index (χ0v) is 12.8. The van der Waals surface area contributed by atoms with E-state index in [4.69, 9.17) is 11.6 Å². The van der Waals surface area contributed by atoms with E-state index in [1.807, 2.05) is 18.7 Å². The highest BCUT2D eigenvalue weighted by atomic mass is 35.5. The largest absolute Gasteiger partial charge is 0.362 e. The standard InChI is InChI=1S/C14H17ClN4O2/c1-14(2,10-16)18-8-6-17(7-9-18)13-11(15)4-3-5-12(13)19(20)21/h3-5H,6-9H2,1-2H3. The van der Waals surface area contributed by atoms with Crippen molar-refractivity contribution >= 4 is 23.0 Å².